The van der Waals surface area contributed by atoms with Gasteiger partial charge in [-0.2, -0.15) is 0 Å². The van der Waals surface area contributed by atoms with Gasteiger partial charge in [0, 0.05) is 16.1 Å². The van der Waals surface area contributed by atoms with Gasteiger partial charge in [-0.3, -0.25) is 4.98 Å². The smallest absolute Gasteiger partial charge is 0.0592 e. The Balaban J connectivity index is 2.15. The zero-order chi connectivity index (χ0) is 14.8. The van der Waals surface area contributed by atoms with Gasteiger partial charge in [0.05, 0.1) is 6.04 Å². The van der Waals surface area contributed by atoms with Gasteiger partial charge in [-0.15, -0.1) is 11.3 Å². The molecule has 1 aromatic carbocycles. The fourth-order valence-corrected chi connectivity index (χ4v) is 3.83. The molecule has 3 heteroatoms. The van der Waals surface area contributed by atoms with Crippen molar-refractivity contribution in [3.63, 3.8) is 0 Å². The predicted molar refractivity (Wildman–Crippen MR) is 91.1 cm³/mol. The summed E-state index contributed by atoms with van der Waals surface area (Å²) in [5, 5.41) is 7.12. The molecule has 1 atom stereocenters. The van der Waals surface area contributed by atoms with Crippen LogP contribution < -0.4 is 5.32 Å². The molecule has 0 bridgehead atoms. The van der Waals surface area contributed by atoms with Crippen molar-refractivity contribution in [1.29, 1.82) is 0 Å². The van der Waals surface area contributed by atoms with Crippen LogP contribution in [0, 0.1) is 13.8 Å². The quantitative estimate of drug-likeness (QED) is 0.760. The van der Waals surface area contributed by atoms with Crippen LogP contribution >= 0.6 is 11.3 Å². The van der Waals surface area contributed by atoms with E-state index in [2.05, 4.69) is 72.9 Å². The molecule has 0 radical (unpaired) electrons. The van der Waals surface area contributed by atoms with Crippen molar-refractivity contribution in [2.45, 2.75) is 26.8 Å². The van der Waals surface area contributed by atoms with E-state index >= 15 is 0 Å². The molecule has 0 spiro atoms. The molecule has 1 N–H and O–H groups in total. The first-order valence-electron chi connectivity index (χ1n) is 7.33. The maximum absolute atomic E-state index is 4.50. The third-order valence-corrected chi connectivity index (χ3v) is 4.65. The number of hydrogen-bond donors (Lipinski definition) is 1. The van der Waals surface area contributed by atoms with Gasteiger partial charge in [0.15, 0.2) is 0 Å². The van der Waals surface area contributed by atoms with E-state index < -0.39 is 0 Å². The van der Waals surface area contributed by atoms with Crippen molar-refractivity contribution < 1.29 is 0 Å². The Morgan fingerprint density at radius 1 is 1.14 bits per heavy atom. The van der Waals surface area contributed by atoms with Gasteiger partial charge in [0.1, 0.15) is 0 Å². The minimum atomic E-state index is 0.220. The number of aryl methyl sites for hydroxylation is 2. The van der Waals surface area contributed by atoms with Crippen LogP contribution in [0.1, 0.15) is 35.5 Å². The normalized spacial score (nSPS) is 12.7. The van der Waals surface area contributed by atoms with Crippen molar-refractivity contribution in [3.8, 4) is 0 Å². The Bertz CT molecular complexity index is 741. The van der Waals surface area contributed by atoms with Gasteiger partial charge in [0.25, 0.3) is 0 Å². The number of nitrogens with zero attached hydrogens (tertiary/aromatic N) is 1. The number of rotatable bonds is 4. The van der Waals surface area contributed by atoms with E-state index in [-0.39, 0.29) is 6.04 Å². The maximum Gasteiger partial charge on any atom is 0.0592 e. The Morgan fingerprint density at radius 2 is 1.90 bits per heavy atom. The average Bonchev–Trinajstić information content (AvgIpc) is 2.92. The molecule has 0 aliphatic rings. The van der Waals surface area contributed by atoms with Crippen molar-refractivity contribution in [2.75, 3.05) is 6.54 Å². The van der Waals surface area contributed by atoms with Crippen LogP contribution in [0.5, 0.6) is 0 Å². The lowest BCUT2D eigenvalue weighted by Crippen LogP contribution is -2.22. The van der Waals surface area contributed by atoms with Gasteiger partial charge in [0.2, 0.25) is 0 Å². The van der Waals surface area contributed by atoms with E-state index in [0.29, 0.717) is 0 Å². The average molecular weight is 296 g/mol. The molecule has 2 nitrogen and oxygen atoms in total. The first kappa shape index (κ1) is 14.2. The first-order chi connectivity index (χ1) is 10.2. The molecule has 3 rings (SSSR count). The van der Waals surface area contributed by atoms with Crippen LogP contribution in [0.3, 0.4) is 0 Å². The SMILES string of the molecule is CCNC(c1cc(C)nc(C)c1)c1cccc2ccsc12. The summed E-state index contributed by atoms with van der Waals surface area (Å²) in [6, 6.07) is 13.3. The van der Waals surface area contributed by atoms with E-state index in [4.69, 9.17) is 0 Å². The summed E-state index contributed by atoms with van der Waals surface area (Å²) in [6.07, 6.45) is 0. The fourth-order valence-electron chi connectivity index (χ4n) is 2.89. The summed E-state index contributed by atoms with van der Waals surface area (Å²) in [6.45, 7) is 7.21. The second-order valence-electron chi connectivity index (χ2n) is 5.36. The summed E-state index contributed by atoms with van der Waals surface area (Å²) >= 11 is 1.82. The van der Waals surface area contributed by atoms with Crippen LogP contribution in [0.25, 0.3) is 10.1 Å². The molecule has 0 aliphatic carbocycles. The highest BCUT2D eigenvalue weighted by Crippen LogP contribution is 2.32. The van der Waals surface area contributed by atoms with E-state index in [1.165, 1.54) is 21.2 Å². The van der Waals surface area contributed by atoms with Crippen LogP contribution in [-0.4, -0.2) is 11.5 Å². The molecule has 2 aromatic heterocycles. The Kier molecular flexibility index (Phi) is 4.04. The lowest BCUT2D eigenvalue weighted by atomic mass is 9.97. The number of fused-ring (bicyclic) bond motifs is 1. The van der Waals surface area contributed by atoms with Gasteiger partial charge in [-0.05, 0) is 60.5 Å². The van der Waals surface area contributed by atoms with Crippen molar-refractivity contribution in [2.24, 2.45) is 0 Å². The van der Waals surface area contributed by atoms with Crippen LogP contribution in [0.4, 0.5) is 0 Å². The molecule has 21 heavy (non-hydrogen) atoms. The summed E-state index contributed by atoms with van der Waals surface area (Å²) in [5.74, 6) is 0. The number of nitrogens with one attached hydrogen (secondary N) is 1. The van der Waals surface area contributed by atoms with Crippen molar-refractivity contribution >= 4 is 21.4 Å². The number of aromatic nitrogens is 1. The molecule has 0 saturated carbocycles. The van der Waals surface area contributed by atoms with Crippen molar-refractivity contribution in [3.05, 3.63) is 64.3 Å². The Hall–Kier alpha value is -1.71. The zero-order valence-electron chi connectivity index (χ0n) is 12.7. The third kappa shape index (κ3) is 2.85. The molecule has 0 fully saturated rings. The van der Waals surface area contributed by atoms with E-state index in [9.17, 15) is 0 Å². The van der Waals surface area contributed by atoms with Crippen molar-refractivity contribution in [1.82, 2.24) is 10.3 Å². The van der Waals surface area contributed by atoms with Gasteiger partial charge >= 0.3 is 0 Å². The Labute approximate surface area is 129 Å². The molecular weight excluding hydrogens is 276 g/mol. The topological polar surface area (TPSA) is 24.9 Å². The standard InChI is InChI=1S/C18H20N2S/c1-4-19-17(15-10-12(2)20-13(3)11-15)16-7-5-6-14-8-9-21-18(14)16/h5-11,17,19H,4H2,1-3H3. The van der Waals surface area contributed by atoms with E-state index in [1.807, 2.05) is 11.3 Å². The summed E-state index contributed by atoms with van der Waals surface area (Å²) in [5.41, 5.74) is 4.80. The van der Waals surface area contributed by atoms with Crippen LogP contribution in [0.15, 0.2) is 41.8 Å². The summed E-state index contributed by atoms with van der Waals surface area (Å²) in [4.78, 5) is 4.50. The number of thiophene rings is 1. The van der Waals surface area contributed by atoms with E-state index in [0.717, 1.165) is 17.9 Å². The molecular formula is C18H20N2S. The molecule has 0 amide bonds. The monoisotopic (exact) mass is 296 g/mol. The van der Waals surface area contributed by atoms with Gasteiger partial charge in [-0.1, -0.05) is 25.1 Å². The minimum Gasteiger partial charge on any atom is -0.306 e. The summed E-state index contributed by atoms with van der Waals surface area (Å²) in [7, 11) is 0. The zero-order valence-corrected chi connectivity index (χ0v) is 13.5. The lowest BCUT2D eigenvalue weighted by Gasteiger charge is -2.20. The minimum absolute atomic E-state index is 0.220. The highest BCUT2D eigenvalue weighted by molar-refractivity contribution is 7.17. The second-order valence-corrected chi connectivity index (χ2v) is 6.28. The Morgan fingerprint density at radius 3 is 2.62 bits per heavy atom. The predicted octanol–water partition coefficient (Wildman–Crippen LogP) is 4.61. The number of pyridine rings is 1. The largest absolute Gasteiger partial charge is 0.306 e. The lowest BCUT2D eigenvalue weighted by molar-refractivity contribution is 0.633. The molecule has 108 valence electrons. The van der Waals surface area contributed by atoms with E-state index in [1.54, 1.807) is 0 Å². The van der Waals surface area contributed by atoms with Gasteiger partial charge in [-0.25, -0.2) is 0 Å². The second kappa shape index (κ2) is 5.96. The molecule has 0 aliphatic heterocycles. The highest BCUT2D eigenvalue weighted by atomic mass is 32.1. The molecule has 3 aromatic rings. The first-order valence-corrected chi connectivity index (χ1v) is 8.21. The molecule has 1 unspecified atom stereocenters. The third-order valence-electron chi connectivity index (χ3n) is 3.67. The number of benzene rings is 1. The van der Waals surface area contributed by atoms with Crippen LogP contribution in [-0.2, 0) is 0 Å². The molecule has 2 heterocycles. The van der Waals surface area contributed by atoms with Gasteiger partial charge < -0.3 is 5.32 Å². The number of hydrogen-bond acceptors (Lipinski definition) is 3. The highest BCUT2D eigenvalue weighted by Gasteiger charge is 2.17. The maximum atomic E-state index is 4.50. The van der Waals surface area contributed by atoms with Crippen LogP contribution in [0.2, 0.25) is 0 Å². The summed E-state index contributed by atoms with van der Waals surface area (Å²) < 4.78 is 1.37. The molecule has 0 saturated heterocycles. The fraction of sp³-hybridized carbons (Fsp3) is 0.278.